The molecule has 3 N–H and O–H groups in total. The van der Waals surface area contributed by atoms with Crippen LogP contribution in [0, 0.1) is 0 Å². The molecular formula is C25H36N4O2. The summed E-state index contributed by atoms with van der Waals surface area (Å²) in [4.78, 5) is 4.79. The van der Waals surface area contributed by atoms with Gasteiger partial charge in [0.05, 0.1) is 13.7 Å². The van der Waals surface area contributed by atoms with E-state index in [-0.39, 0.29) is 11.6 Å². The molecule has 6 heteroatoms. The van der Waals surface area contributed by atoms with Crippen molar-refractivity contribution >= 4 is 5.96 Å². The summed E-state index contributed by atoms with van der Waals surface area (Å²) < 4.78 is 10.9. The zero-order valence-electron chi connectivity index (χ0n) is 19.0. The predicted octanol–water partition coefficient (Wildman–Crippen LogP) is 3.65. The zero-order valence-corrected chi connectivity index (χ0v) is 19.0. The normalized spacial score (nSPS) is 17.1. The number of nitrogens with one attached hydrogen (secondary N) is 3. The molecule has 3 rings (SSSR count). The highest BCUT2D eigenvalue weighted by molar-refractivity contribution is 5.79. The Morgan fingerprint density at radius 2 is 1.77 bits per heavy atom. The summed E-state index contributed by atoms with van der Waals surface area (Å²) in [6.07, 6.45) is 1.93. The Morgan fingerprint density at radius 3 is 2.42 bits per heavy atom. The number of ether oxygens (including phenoxy) is 2. The molecule has 2 aromatic rings. The van der Waals surface area contributed by atoms with Crippen LogP contribution in [0.25, 0.3) is 0 Å². The second-order valence-corrected chi connectivity index (χ2v) is 8.07. The molecular weight excluding hydrogens is 388 g/mol. The van der Waals surface area contributed by atoms with Gasteiger partial charge >= 0.3 is 0 Å². The molecule has 0 amide bonds. The summed E-state index contributed by atoms with van der Waals surface area (Å²) >= 11 is 0. The quantitative estimate of drug-likeness (QED) is 0.424. The van der Waals surface area contributed by atoms with Gasteiger partial charge in [-0.1, -0.05) is 42.5 Å². The summed E-state index contributed by atoms with van der Waals surface area (Å²) in [6, 6.07) is 18.9. The first kappa shape index (κ1) is 23.1. The second-order valence-electron chi connectivity index (χ2n) is 8.07. The van der Waals surface area contributed by atoms with Crippen molar-refractivity contribution < 1.29 is 9.47 Å². The highest BCUT2D eigenvalue weighted by atomic mass is 16.5. The number of methoxy groups -OCH3 is 1. The SMILES string of the molecule is CCNC(=NCc1ccc(OC)cc1)NCC1(NC(C)c2ccccc2)CCOCC1. The molecule has 0 aromatic heterocycles. The van der Waals surface area contributed by atoms with Gasteiger partial charge in [0.2, 0.25) is 0 Å². The molecule has 31 heavy (non-hydrogen) atoms. The van der Waals surface area contributed by atoms with E-state index in [1.54, 1.807) is 7.11 Å². The molecule has 0 aliphatic carbocycles. The Kier molecular flexibility index (Phi) is 8.74. The molecule has 1 heterocycles. The van der Waals surface area contributed by atoms with Gasteiger partial charge in [0, 0.05) is 37.9 Å². The molecule has 1 atom stereocenters. The monoisotopic (exact) mass is 424 g/mol. The van der Waals surface area contributed by atoms with E-state index in [9.17, 15) is 0 Å². The average molecular weight is 425 g/mol. The molecule has 6 nitrogen and oxygen atoms in total. The summed E-state index contributed by atoms with van der Waals surface area (Å²) in [5.41, 5.74) is 2.41. The largest absolute Gasteiger partial charge is 0.497 e. The number of hydrogen-bond acceptors (Lipinski definition) is 4. The molecule has 1 saturated heterocycles. The van der Waals surface area contributed by atoms with E-state index < -0.39 is 0 Å². The van der Waals surface area contributed by atoms with Crippen molar-refractivity contribution in [3.05, 3.63) is 65.7 Å². The van der Waals surface area contributed by atoms with Crippen molar-refractivity contribution in [2.24, 2.45) is 4.99 Å². The van der Waals surface area contributed by atoms with Crippen LogP contribution in [0.2, 0.25) is 0 Å². The topological polar surface area (TPSA) is 66.9 Å². The van der Waals surface area contributed by atoms with Crippen LogP contribution >= 0.6 is 0 Å². The van der Waals surface area contributed by atoms with E-state index in [1.165, 1.54) is 5.56 Å². The van der Waals surface area contributed by atoms with Crippen LogP contribution in [-0.4, -0.2) is 44.9 Å². The fourth-order valence-corrected chi connectivity index (χ4v) is 3.91. The summed E-state index contributed by atoms with van der Waals surface area (Å²) in [6.45, 7) is 8.09. The van der Waals surface area contributed by atoms with E-state index in [4.69, 9.17) is 14.5 Å². The lowest BCUT2D eigenvalue weighted by Gasteiger charge is -2.41. The molecule has 1 unspecified atom stereocenters. The maximum absolute atomic E-state index is 5.67. The fraction of sp³-hybridized carbons (Fsp3) is 0.480. The second kappa shape index (κ2) is 11.7. The van der Waals surface area contributed by atoms with E-state index >= 15 is 0 Å². The minimum Gasteiger partial charge on any atom is -0.497 e. The zero-order chi connectivity index (χ0) is 21.9. The molecule has 2 aromatic carbocycles. The maximum Gasteiger partial charge on any atom is 0.191 e. The van der Waals surface area contributed by atoms with Crippen molar-refractivity contribution in [1.82, 2.24) is 16.0 Å². The summed E-state index contributed by atoms with van der Waals surface area (Å²) in [5, 5.41) is 10.8. The number of rotatable bonds is 9. The van der Waals surface area contributed by atoms with Crippen LogP contribution in [0.5, 0.6) is 5.75 Å². The molecule has 0 saturated carbocycles. The Morgan fingerprint density at radius 1 is 1.06 bits per heavy atom. The standard InChI is InChI=1S/C25H36N4O2/c1-4-26-24(27-18-21-10-12-23(30-3)13-11-21)28-19-25(14-16-31-17-15-25)29-20(2)22-8-6-5-7-9-22/h5-13,20,29H,4,14-19H2,1-3H3,(H2,26,27,28). The lowest BCUT2D eigenvalue weighted by molar-refractivity contribution is 0.0355. The third kappa shape index (κ3) is 6.97. The fourth-order valence-electron chi connectivity index (χ4n) is 3.91. The number of guanidine groups is 1. The number of hydrogen-bond donors (Lipinski definition) is 3. The maximum atomic E-state index is 5.67. The number of aliphatic imine (C=N–C) groups is 1. The van der Waals surface area contributed by atoms with Gasteiger partial charge in [0.25, 0.3) is 0 Å². The van der Waals surface area contributed by atoms with Crippen LogP contribution in [0.1, 0.15) is 43.9 Å². The van der Waals surface area contributed by atoms with E-state index in [2.05, 4.69) is 72.3 Å². The van der Waals surface area contributed by atoms with Gasteiger partial charge in [-0.25, -0.2) is 4.99 Å². The Hall–Kier alpha value is -2.57. The lowest BCUT2D eigenvalue weighted by Crippen LogP contribution is -2.58. The van der Waals surface area contributed by atoms with Crippen LogP contribution in [0.15, 0.2) is 59.6 Å². The van der Waals surface area contributed by atoms with Crippen LogP contribution in [-0.2, 0) is 11.3 Å². The highest BCUT2D eigenvalue weighted by Gasteiger charge is 2.34. The van der Waals surface area contributed by atoms with Gasteiger partial charge in [0.15, 0.2) is 5.96 Å². The van der Waals surface area contributed by atoms with Crippen molar-refractivity contribution in [2.45, 2.75) is 44.8 Å². The number of nitrogens with zero attached hydrogens (tertiary/aromatic N) is 1. The third-order valence-electron chi connectivity index (χ3n) is 5.79. The lowest BCUT2D eigenvalue weighted by atomic mass is 9.88. The molecule has 0 radical (unpaired) electrons. The van der Waals surface area contributed by atoms with Gasteiger partial charge < -0.3 is 25.4 Å². The van der Waals surface area contributed by atoms with E-state index in [0.717, 1.165) is 56.4 Å². The first-order chi connectivity index (χ1) is 15.1. The Bertz CT molecular complexity index is 802. The molecule has 0 bridgehead atoms. The Labute approximate surface area is 186 Å². The summed E-state index contributed by atoms with van der Waals surface area (Å²) in [7, 11) is 1.68. The molecule has 168 valence electrons. The summed E-state index contributed by atoms with van der Waals surface area (Å²) in [5.74, 6) is 1.69. The first-order valence-electron chi connectivity index (χ1n) is 11.2. The van der Waals surface area contributed by atoms with Crippen molar-refractivity contribution in [1.29, 1.82) is 0 Å². The number of benzene rings is 2. The van der Waals surface area contributed by atoms with E-state index in [1.807, 2.05) is 12.1 Å². The molecule has 1 aliphatic heterocycles. The van der Waals surface area contributed by atoms with Gasteiger partial charge in [-0.15, -0.1) is 0 Å². The van der Waals surface area contributed by atoms with Gasteiger partial charge in [-0.05, 0) is 49.9 Å². The highest BCUT2D eigenvalue weighted by Crippen LogP contribution is 2.25. The van der Waals surface area contributed by atoms with Crippen molar-refractivity contribution in [2.75, 3.05) is 33.4 Å². The average Bonchev–Trinajstić information content (AvgIpc) is 2.82. The smallest absolute Gasteiger partial charge is 0.191 e. The van der Waals surface area contributed by atoms with Gasteiger partial charge in [-0.2, -0.15) is 0 Å². The molecule has 1 fully saturated rings. The van der Waals surface area contributed by atoms with Gasteiger partial charge in [0.1, 0.15) is 5.75 Å². The molecule has 1 aliphatic rings. The van der Waals surface area contributed by atoms with Crippen molar-refractivity contribution in [3.8, 4) is 5.75 Å². The minimum atomic E-state index is -0.0379. The van der Waals surface area contributed by atoms with E-state index in [0.29, 0.717) is 6.54 Å². The van der Waals surface area contributed by atoms with Crippen LogP contribution < -0.4 is 20.7 Å². The van der Waals surface area contributed by atoms with Gasteiger partial charge in [-0.3, -0.25) is 0 Å². The minimum absolute atomic E-state index is 0.0379. The predicted molar refractivity (Wildman–Crippen MR) is 127 cm³/mol. The van der Waals surface area contributed by atoms with Crippen LogP contribution in [0.3, 0.4) is 0 Å². The third-order valence-corrected chi connectivity index (χ3v) is 5.79. The Balaban J connectivity index is 1.65. The van der Waals surface area contributed by atoms with Crippen molar-refractivity contribution in [3.63, 3.8) is 0 Å². The molecule has 0 spiro atoms. The van der Waals surface area contributed by atoms with Crippen LogP contribution in [0.4, 0.5) is 0 Å². The first-order valence-corrected chi connectivity index (χ1v) is 11.2.